The Bertz CT molecular complexity index is 669. The maximum atomic E-state index is 6.36. The summed E-state index contributed by atoms with van der Waals surface area (Å²) in [6.45, 7) is 1.03. The summed E-state index contributed by atoms with van der Waals surface area (Å²) in [7, 11) is 3.64. The summed E-state index contributed by atoms with van der Waals surface area (Å²) in [4.78, 5) is 3.95. The third-order valence-electron chi connectivity index (χ3n) is 2.80. The van der Waals surface area contributed by atoms with Gasteiger partial charge in [-0.05, 0) is 6.07 Å². The van der Waals surface area contributed by atoms with Crippen LogP contribution in [-0.4, -0.2) is 52.9 Å². The van der Waals surface area contributed by atoms with Crippen molar-refractivity contribution < 1.29 is 9.47 Å². The van der Waals surface area contributed by atoms with Crippen molar-refractivity contribution in [1.82, 2.24) is 19.8 Å². The number of halogens is 1. The van der Waals surface area contributed by atoms with Crippen molar-refractivity contribution in [3.8, 4) is 11.5 Å². The lowest BCUT2D eigenvalue weighted by Crippen LogP contribution is -2.21. The van der Waals surface area contributed by atoms with Crippen LogP contribution in [0.1, 0.15) is 5.56 Å². The number of hydrogen-bond acceptors (Lipinski definition) is 6. The molecule has 1 aromatic carbocycles. The number of fused-ring (bicyclic) bond motifs is 1. The predicted molar refractivity (Wildman–Crippen MR) is 78.1 cm³/mol. The second-order valence-electron chi connectivity index (χ2n) is 4.59. The van der Waals surface area contributed by atoms with Gasteiger partial charge in [-0.3, -0.25) is 0 Å². The van der Waals surface area contributed by atoms with E-state index in [1.165, 1.54) is 6.33 Å². The summed E-state index contributed by atoms with van der Waals surface area (Å²) in [6.07, 6.45) is 3.01. The number of rotatable bonds is 2. The van der Waals surface area contributed by atoms with Crippen LogP contribution in [0.15, 0.2) is 29.9 Å². The SMILES string of the molecule is CN(C)N=C(c1cc2c(cc1Cl)OCCO2)n1cncn1. The highest BCUT2D eigenvalue weighted by Gasteiger charge is 2.19. The molecule has 0 unspecified atom stereocenters. The molecule has 1 aliphatic heterocycles. The van der Waals surface area contributed by atoms with Gasteiger partial charge in [-0.15, -0.1) is 0 Å². The van der Waals surface area contributed by atoms with Gasteiger partial charge in [0.2, 0.25) is 0 Å². The van der Waals surface area contributed by atoms with Gasteiger partial charge >= 0.3 is 0 Å². The number of benzene rings is 1. The van der Waals surface area contributed by atoms with Crippen LogP contribution in [0.2, 0.25) is 5.02 Å². The van der Waals surface area contributed by atoms with Crippen molar-refractivity contribution in [2.75, 3.05) is 27.3 Å². The average molecular weight is 308 g/mol. The summed E-state index contributed by atoms with van der Waals surface area (Å²) < 4.78 is 12.7. The highest BCUT2D eigenvalue weighted by atomic mass is 35.5. The average Bonchev–Trinajstić information content (AvgIpc) is 2.98. The minimum atomic E-state index is 0.510. The van der Waals surface area contributed by atoms with Crippen LogP contribution < -0.4 is 9.47 Å². The number of hydrazone groups is 1. The van der Waals surface area contributed by atoms with Crippen LogP contribution in [0.3, 0.4) is 0 Å². The normalized spacial score (nSPS) is 14.1. The predicted octanol–water partition coefficient (Wildman–Crippen LogP) is 1.47. The highest BCUT2D eigenvalue weighted by molar-refractivity contribution is 6.34. The molecular formula is C13H14ClN5O2. The van der Waals surface area contributed by atoms with Crippen LogP contribution >= 0.6 is 11.6 Å². The zero-order chi connectivity index (χ0) is 14.8. The van der Waals surface area contributed by atoms with E-state index < -0.39 is 0 Å². The fourth-order valence-electron chi connectivity index (χ4n) is 1.97. The molecule has 0 radical (unpaired) electrons. The maximum absolute atomic E-state index is 6.36. The third-order valence-corrected chi connectivity index (χ3v) is 3.12. The first kappa shape index (κ1) is 13.7. The highest BCUT2D eigenvalue weighted by Crippen LogP contribution is 2.35. The molecule has 110 valence electrons. The molecule has 21 heavy (non-hydrogen) atoms. The fourth-order valence-corrected chi connectivity index (χ4v) is 2.20. The summed E-state index contributed by atoms with van der Waals surface area (Å²) >= 11 is 6.36. The molecule has 0 N–H and O–H groups in total. The summed E-state index contributed by atoms with van der Waals surface area (Å²) in [5, 5.41) is 10.7. The van der Waals surface area contributed by atoms with Crippen LogP contribution in [0.5, 0.6) is 11.5 Å². The Labute approximate surface area is 126 Å². The Balaban J connectivity index is 2.12. The van der Waals surface area contributed by atoms with Gasteiger partial charge in [-0.25, -0.2) is 9.67 Å². The lowest BCUT2D eigenvalue weighted by atomic mass is 10.1. The van der Waals surface area contributed by atoms with Crippen molar-refractivity contribution in [1.29, 1.82) is 0 Å². The first-order chi connectivity index (χ1) is 10.1. The molecule has 3 rings (SSSR count). The zero-order valence-corrected chi connectivity index (χ0v) is 12.4. The molecule has 0 saturated heterocycles. The van der Waals surface area contributed by atoms with E-state index in [9.17, 15) is 0 Å². The van der Waals surface area contributed by atoms with E-state index in [2.05, 4.69) is 15.2 Å². The van der Waals surface area contributed by atoms with Gasteiger partial charge in [0.25, 0.3) is 0 Å². The van der Waals surface area contributed by atoms with Crippen molar-refractivity contribution >= 4 is 17.4 Å². The minimum absolute atomic E-state index is 0.510. The van der Waals surface area contributed by atoms with Gasteiger partial charge in [0.1, 0.15) is 25.9 Å². The molecule has 0 fully saturated rings. The largest absolute Gasteiger partial charge is 0.486 e. The number of nitrogens with zero attached hydrogens (tertiary/aromatic N) is 5. The van der Waals surface area contributed by atoms with Crippen LogP contribution in [0, 0.1) is 0 Å². The molecule has 0 amide bonds. The van der Waals surface area contributed by atoms with Gasteiger partial charge < -0.3 is 14.5 Å². The number of ether oxygens (including phenoxy) is 2. The molecule has 1 aromatic heterocycles. The van der Waals surface area contributed by atoms with Crippen molar-refractivity contribution in [2.45, 2.75) is 0 Å². The quantitative estimate of drug-likeness (QED) is 0.477. The van der Waals surface area contributed by atoms with E-state index in [-0.39, 0.29) is 0 Å². The monoisotopic (exact) mass is 307 g/mol. The Morgan fingerprint density at radius 1 is 1.29 bits per heavy atom. The smallest absolute Gasteiger partial charge is 0.183 e. The van der Waals surface area contributed by atoms with Gasteiger partial charge in [-0.1, -0.05) is 11.6 Å². The van der Waals surface area contributed by atoms with Gasteiger partial charge in [0, 0.05) is 25.7 Å². The summed E-state index contributed by atoms with van der Waals surface area (Å²) in [6, 6.07) is 3.54. The maximum Gasteiger partial charge on any atom is 0.183 e. The Morgan fingerprint density at radius 2 is 2.00 bits per heavy atom. The van der Waals surface area contributed by atoms with Crippen molar-refractivity contribution in [3.63, 3.8) is 0 Å². The Kier molecular flexibility index (Phi) is 3.66. The minimum Gasteiger partial charge on any atom is -0.486 e. The summed E-state index contributed by atoms with van der Waals surface area (Å²) in [5.74, 6) is 1.84. The molecule has 1 aliphatic rings. The van der Waals surface area contributed by atoms with E-state index in [0.29, 0.717) is 41.1 Å². The standard InChI is InChI=1S/C13H14ClN5O2/c1-18(2)17-13(19-8-15-7-16-19)9-5-11-12(6-10(9)14)21-4-3-20-11/h5-8H,3-4H2,1-2H3. The van der Waals surface area contributed by atoms with Crippen molar-refractivity contribution in [2.24, 2.45) is 5.10 Å². The fraction of sp³-hybridized carbons (Fsp3) is 0.308. The van der Waals surface area contributed by atoms with Gasteiger partial charge in [-0.2, -0.15) is 10.2 Å². The molecular weight excluding hydrogens is 294 g/mol. The summed E-state index contributed by atoms with van der Waals surface area (Å²) in [5.41, 5.74) is 0.695. The molecule has 2 heterocycles. The van der Waals surface area contributed by atoms with Crippen molar-refractivity contribution in [3.05, 3.63) is 35.4 Å². The molecule has 8 heteroatoms. The van der Waals surface area contributed by atoms with Crippen LogP contribution in [0.25, 0.3) is 0 Å². The van der Waals surface area contributed by atoms with Crippen LogP contribution in [0.4, 0.5) is 0 Å². The van der Waals surface area contributed by atoms with Crippen LogP contribution in [-0.2, 0) is 0 Å². The van der Waals surface area contributed by atoms with Gasteiger partial charge in [0.05, 0.1) is 5.02 Å². The molecule has 7 nitrogen and oxygen atoms in total. The third kappa shape index (κ3) is 2.78. The zero-order valence-electron chi connectivity index (χ0n) is 11.7. The number of hydrogen-bond donors (Lipinski definition) is 0. The van der Waals surface area contributed by atoms with E-state index >= 15 is 0 Å². The first-order valence-corrected chi connectivity index (χ1v) is 6.73. The lowest BCUT2D eigenvalue weighted by molar-refractivity contribution is 0.171. The lowest BCUT2D eigenvalue weighted by Gasteiger charge is -2.20. The first-order valence-electron chi connectivity index (χ1n) is 6.35. The molecule has 0 aliphatic carbocycles. The topological polar surface area (TPSA) is 64.8 Å². The van der Waals surface area contributed by atoms with E-state index in [1.807, 2.05) is 14.1 Å². The van der Waals surface area contributed by atoms with E-state index in [1.54, 1.807) is 28.2 Å². The van der Waals surface area contributed by atoms with E-state index in [4.69, 9.17) is 21.1 Å². The molecule has 0 atom stereocenters. The second kappa shape index (κ2) is 5.61. The van der Waals surface area contributed by atoms with Gasteiger partial charge in [0.15, 0.2) is 17.3 Å². The second-order valence-corrected chi connectivity index (χ2v) is 4.99. The molecule has 0 saturated carbocycles. The van der Waals surface area contributed by atoms with E-state index in [0.717, 1.165) is 0 Å². The Hall–Kier alpha value is -2.28. The molecule has 2 aromatic rings. The Morgan fingerprint density at radius 3 is 2.62 bits per heavy atom. The molecule has 0 bridgehead atoms. The molecule has 0 spiro atoms. The number of aromatic nitrogens is 3.